The van der Waals surface area contributed by atoms with Crippen LogP contribution in [0.25, 0.3) is 38.3 Å². The highest BCUT2D eigenvalue weighted by Gasteiger charge is 2.27. The fourth-order valence-corrected chi connectivity index (χ4v) is 7.83. The van der Waals surface area contributed by atoms with Gasteiger partial charge in [0.05, 0.1) is 16.7 Å². The zero-order valence-electron chi connectivity index (χ0n) is 29.4. The minimum absolute atomic E-state index is 0.305. The van der Waals surface area contributed by atoms with Gasteiger partial charge in [-0.05, 0) is 59.5 Å². The quantitative estimate of drug-likeness (QED) is 0.181. The number of nitrogens with zero attached hydrogens (tertiary/aromatic N) is 4. The molecule has 1 unspecified atom stereocenters. The molecule has 0 amide bonds. The van der Waals surface area contributed by atoms with Gasteiger partial charge in [0.1, 0.15) is 12.0 Å². The van der Waals surface area contributed by atoms with Gasteiger partial charge in [-0.25, -0.2) is 9.98 Å². The zero-order valence-corrected chi connectivity index (χ0v) is 29.4. The second-order valence-electron chi connectivity index (χ2n) is 13.4. The number of anilines is 3. The van der Waals surface area contributed by atoms with Crippen molar-refractivity contribution in [1.29, 1.82) is 0 Å². The summed E-state index contributed by atoms with van der Waals surface area (Å²) in [5.41, 5.74) is 9.68. The maximum atomic E-state index is 5.28. The highest BCUT2D eigenvalue weighted by atomic mass is 15.2. The van der Waals surface area contributed by atoms with E-state index in [4.69, 9.17) is 9.98 Å². The molecule has 5 nitrogen and oxygen atoms in total. The molecule has 0 saturated carbocycles. The van der Waals surface area contributed by atoms with Gasteiger partial charge in [-0.3, -0.25) is 0 Å². The van der Waals surface area contributed by atoms with Crippen molar-refractivity contribution >= 4 is 61.3 Å². The van der Waals surface area contributed by atoms with Crippen LogP contribution in [0.3, 0.4) is 0 Å². The number of nitrogens with one attached hydrogen (secondary N) is 1. The first-order valence-electron chi connectivity index (χ1n) is 18.3. The van der Waals surface area contributed by atoms with E-state index in [2.05, 4.69) is 191 Å². The third kappa shape index (κ3) is 5.42. The standard InChI is InChI=1S/C49H35N5/c1-6-19-34(20-7-1)47-50-48(35-21-8-2-9-22-35)52-49(51-47)41-31-18-32-42-46(41)45-40-30-17-16-29-39(40)43(33-44(45)54(42)38-27-14-5-15-28-38)53(36-23-10-3-11-24-36)37-25-12-4-13-26-37/h1-33,47H,(H,50,51,52). The van der Waals surface area contributed by atoms with Crippen LogP contribution in [-0.4, -0.2) is 16.2 Å². The average Bonchev–Trinajstić information content (AvgIpc) is 3.60. The van der Waals surface area contributed by atoms with Gasteiger partial charge in [0.2, 0.25) is 0 Å². The Balaban J connectivity index is 1.29. The molecule has 256 valence electrons. The molecule has 0 bridgehead atoms. The van der Waals surface area contributed by atoms with E-state index in [1.165, 1.54) is 10.8 Å². The predicted octanol–water partition coefficient (Wildman–Crippen LogP) is 11.9. The van der Waals surface area contributed by atoms with Gasteiger partial charge in [0.15, 0.2) is 5.84 Å². The molecule has 10 rings (SSSR count). The molecule has 0 fully saturated rings. The third-order valence-corrected chi connectivity index (χ3v) is 10.2. The molecule has 1 aliphatic rings. The molecule has 0 radical (unpaired) electrons. The largest absolute Gasteiger partial charge is 0.344 e. The summed E-state index contributed by atoms with van der Waals surface area (Å²) in [5, 5.41) is 8.40. The topological polar surface area (TPSA) is 44.9 Å². The summed E-state index contributed by atoms with van der Waals surface area (Å²) in [7, 11) is 0. The van der Waals surface area contributed by atoms with E-state index < -0.39 is 0 Å². The Kier molecular flexibility index (Phi) is 7.81. The summed E-state index contributed by atoms with van der Waals surface area (Å²) in [5.74, 6) is 1.49. The summed E-state index contributed by atoms with van der Waals surface area (Å²) in [6, 6.07) is 70.4. The lowest BCUT2D eigenvalue weighted by Gasteiger charge is -2.27. The molecule has 0 saturated heterocycles. The maximum Gasteiger partial charge on any atom is 0.159 e. The first kappa shape index (κ1) is 31.5. The number of hydrogen-bond donors (Lipinski definition) is 1. The number of aromatic nitrogens is 1. The number of hydrogen-bond acceptors (Lipinski definition) is 4. The molecule has 1 atom stereocenters. The van der Waals surface area contributed by atoms with Crippen LogP contribution >= 0.6 is 0 Å². The van der Waals surface area contributed by atoms with Crippen molar-refractivity contribution < 1.29 is 0 Å². The Labute approximate surface area is 313 Å². The first-order chi connectivity index (χ1) is 26.8. The van der Waals surface area contributed by atoms with E-state index in [1.807, 2.05) is 24.3 Å². The summed E-state index contributed by atoms with van der Waals surface area (Å²) in [4.78, 5) is 12.8. The lowest BCUT2D eigenvalue weighted by Crippen LogP contribution is -2.33. The number of amidine groups is 2. The van der Waals surface area contributed by atoms with Crippen molar-refractivity contribution in [2.45, 2.75) is 6.17 Å². The molecular weight excluding hydrogens is 659 g/mol. The van der Waals surface area contributed by atoms with Crippen LogP contribution in [0.4, 0.5) is 17.1 Å². The summed E-state index contributed by atoms with van der Waals surface area (Å²) in [6.45, 7) is 0. The average molecular weight is 694 g/mol. The van der Waals surface area contributed by atoms with Crippen LogP contribution < -0.4 is 10.2 Å². The first-order valence-corrected chi connectivity index (χ1v) is 18.3. The van der Waals surface area contributed by atoms with Gasteiger partial charge in [0.25, 0.3) is 0 Å². The molecule has 1 N–H and O–H groups in total. The van der Waals surface area contributed by atoms with Crippen LogP contribution in [0, 0.1) is 0 Å². The minimum Gasteiger partial charge on any atom is -0.344 e. The lowest BCUT2D eigenvalue weighted by atomic mass is 9.98. The number of para-hydroxylation sites is 3. The van der Waals surface area contributed by atoms with E-state index in [9.17, 15) is 0 Å². The van der Waals surface area contributed by atoms with Crippen molar-refractivity contribution in [3.8, 4) is 5.69 Å². The number of rotatable bonds is 7. The highest BCUT2D eigenvalue weighted by Crippen LogP contribution is 2.46. The van der Waals surface area contributed by atoms with Gasteiger partial charge >= 0.3 is 0 Å². The summed E-state index contributed by atoms with van der Waals surface area (Å²) >= 11 is 0. The molecule has 2 heterocycles. The molecule has 8 aromatic carbocycles. The Morgan fingerprint density at radius 3 is 1.74 bits per heavy atom. The van der Waals surface area contributed by atoms with Crippen molar-refractivity contribution in [2.24, 2.45) is 9.98 Å². The molecule has 9 aromatic rings. The van der Waals surface area contributed by atoms with E-state index in [1.54, 1.807) is 0 Å². The fraction of sp³-hybridized carbons (Fsp3) is 0.0204. The molecule has 1 aliphatic heterocycles. The second-order valence-corrected chi connectivity index (χ2v) is 13.4. The summed E-state index contributed by atoms with van der Waals surface area (Å²) < 4.78 is 2.41. The molecule has 0 spiro atoms. The third-order valence-electron chi connectivity index (χ3n) is 10.2. The molecule has 54 heavy (non-hydrogen) atoms. The molecule has 1 aromatic heterocycles. The number of fused-ring (bicyclic) bond motifs is 5. The number of benzene rings is 8. The summed E-state index contributed by atoms with van der Waals surface area (Å²) in [6.07, 6.45) is -0.305. The maximum absolute atomic E-state index is 5.28. The molecule has 5 heteroatoms. The molecular formula is C49H35N5. The Morgan fingerprint density at radius 2 is 1.07 bits per heavy atom. The van der Waals surface area contributed by atoms with Gasteiger partial charge in [-0.15, -0.1) is 0 Å². The Morgan fingerprint density at radius 1 is 0.500 bits per heavy atom. The van der Waals surface area contributed by atoms with Gasteiger partial charge in [-0.1, -0.05) is 152 Å². The zero-order chi connectivity index (χ0) is 35.8. The monoisotopic (exact) mass is 693 g/mol. The Bertz CT molecular complexity index is 2790. The SMILES string of the molecule is c1ccc(C2=NC(c3ccccc3)NC(c3cccc4c3c3c5ccccc5c(N(c5ccccc5)c5ccccc5)cc3n4-c3ccccc3)=N2)cc1. The van der Waals surface area contributed by atoms with E-state index in [-0.39, 0.29) is 6.17 Å². The van der Waals surface area contributed by atoms with Crippen LogP contribution in [0.2, 0.25) is 0 Å². The fourth-order valence-electron chi connectivity index (χ4n) is 7.83. The van der Waals surface area contributed by atoms with Crippen LogP contribution in [0.1, 0.15) is 22.9 Å². The van der Waals surface area contributed by atoms with Crippen molar-refractivity contribution in [3.05, 3.63) is 217 Å². The van der Waals surface area contributed by atoms with Crippen molar-refractivity contribution in [3.63, 3.8) is 0 Å². The smallest absolute Gasteiger partial charge is 0.159 e. The normalized spacial score (nSPS) is 14.1. The second kappa shape index (κ2) is 13.4. The van der Waals surface area contributed by atoms with Crippen LogP contribution in [0.5, 0.6) is 0 Å². The van der Waals surface area contributed by atoms with E-state index >= 15 is 0 Å². The van der Waals surface area contributed by atoms with Crippen molar-refractivity contribution in [1.82, 2.24) is 9.88 Å². The van der Waals surface area contributed by atoms with Crippen molar-refractivity contribution in [2.75, 3.05) is 4.90 Å². The minimum atomic E-state index is -0.305. The van der Waals surface area contributed by atoms with Crippen LogP contribution in [-0.2, 0) is 0 Å². The van der Waals surface area contributed by atoms with Gasteiger partial charge in [-0.2, -0.15) is 0 Å². The van der Waals surface area contributed by atoms with Crippen LogP contribution in [0.15, 0.2) is 210 Å². The van der Waals surface area contributed by atoms with E-state index in [0.29, 0.717) is 5.84 Å². The van der Waals surface area contributed by atoms with E-state index in [0.717, 1.165) is 67.1 Å². The Hall–Kier alpha value is -7.24. The number of aliphatic imine (C=N–C) groups is 2. The highest BCUT2D eigenvalue weighted by molar-refractivity contribution is 6.30. The van der Waals surface area contributed by atoms with Gasteiger partial charge < -0.3 is 14.8 Å². The molecule has 0 aliphatic carbocycles. The lowest BCUT2D eigenvalue weighted by molar-refractivity contribution is 0.674. The van der Waals surface area contributed by atoms with Gasteiger partial charge in [0, 0.05) is 44.3 Å². The predicted molar refractivity (Wildman–Crippen MR) is 225 cm³/mol.